The van der Waals surface area contributed by atoms with E-state index in [0.717, 1.165) is 0 Å². The summed E-state index contributed by atoms with van der Waals surface area (Å²) in [6.45, 7) is 9.48. The minimum atomic E-state index is 0.409. The molecule has 1 aromatic carbocycles. The Balaban J connectivity index is 2.90. The number of aryl methyl sites for hydroxylation is 4. The van der Waals surface area contributed by atoms with E-state index in [1.54, 1.807) is 0 Å². The molecule has 1 heterocycles. The van der Waals surface area contributed by atoms with Crippen LogP contribution >= 0.6 is 0 Å². The van der Waals surface area contributed by atoms with Gasteiger partial charge in [0.1, 0.15) is 0 Å². The molecule has 0 radical (unpaired) electrons. The molecule has 2 aromatic rings. The summed E-state index contributed by atoms with van der Waals surface area (Å²) in [5.74, 6) is 0.409. The van der Waals surface area contributed by atoms with Crippen molar-refractivity contribution in [1.29, 1.82) is 0 Å². The van der Waals surface area contributed by atoms with Gasteiger partial charge in [-0.2, -0.15) is 0 Å². The first-order chi connectivity index (χ1) is 7.99. The van der Waals surface area contributed by atoms with E-state index in [4.69, 9.17) is 5.73 Å². The third-order valence-corrected chi connectivity index (χ3v) is 3.86. The van der Waals surface area contributed by atoms with Crippen molar-refractivity contribution >= 4 is 10.9 Å². The Morgan fingerprint density at radius 2 is 1.76 bits per heavy atom. The van der Waals surface area contributed by atoms with Gasteiger partial charge in [-0.3, -0.25) is 0 Å². The van der Waals surface area contributed by atoms with Gasteiger partial charge in [0, 0.05) is 30.6 Å². The van der Waals surface area contributed by atoms with Crippen LogP contribution in [0.3, 0.4) is 0 Å². The predicted molar refractivity (Wildman–Crippen MR) is 74.6 cm³/mol. The van der Waals surface area contributed by atoms with Crippen molar-refractivity contribution in [3.05, 3.63) is 34.5 Å². The zero-order valence-electron chi connectivity index (χ0n) is 11.5. The molecule has 17 heavy (non-hydrogen) atoms. The van der Waals surface area contributed by atoms with Gasteiger partial charge in [0.05, 0.1) is 5.52 Å². The van der Waals surface area contributed by atoms with Crippen LogP contribution in [-0.2, 0) is 7.05 Å². The summed E-state index contributed by atoms with van der Waals surface area (Å²) in [6.07, 6.45) is 0. The van der Waals surface area contributed by atoms with Crippen LogP contribution in [0, 0.1) is 20.8 Å². The van der Waals surface area contributed by atoms with Crippen LogP contribution in [0.15, 0.2) is 12.1 Å². The molecule has 0 bridgehead atoms. The van der Waals surface area contributed by atoms with Gasteiger partial charge in [0.25, 0.3) is 0 Å². The van der Waals surface area contributed by atoms with Crippen molar-refractivity contribution in [3.63, 3.8) is 0 Å². The molecule has 0 amide bonds. The van der Waals surface area contributed by atoms with Crippen molar-refractivity contribution < 1.29 is 0 Å². The van der Waals surface area contributed by atoms with E-state index in [2.05, 4.69) is 51.4 Å². The minimum absolute atomic E-state index is 0.409. The number of nitrogens with zero attached hydrogens (tertiary/aromatic N) is 1. The van der Waals surface area contributed by atoms with Crippen LogP contribution in [0.25, 0.3) is 10.9 Å². The van der Waals surface area contributed by atoms with E-state index in [0.29, 0.717) is 12.5 Å². The van der Waals surface area contributed by atoms with Crippen LogP contribution in [0.4, 0.5) is 0 Å². The van der Waals surface area contributed by atoms with Crippen LogP contribution in [0.2, 0.25) is 0 Å². The topological polar surface area (TPSA) is 30.9 Å². The van der Waals surface area contributed by atoms with Crippen molar-refractivity contribution in [2.45, 2.75) is 33.6 Å². The number of fused-ring (bicyclic) bond motifs is 1. The number of hydrogen-bond donors (Lipinski definition) is 1. The highest BCUT2D eigenvalue weighted by Gasteiger charge is 2.18. The molecule has 2 heteroatoms. The van der Waals surface area contributed by atoms with Crippen LogP contribution < -0.4 is 5.73 Å². The molecule has 0 aliphatic rings. The summed E-state index contributed by atoms with van der Waals surface area (Å²) in [5, 5.41) is 1.41. The van der Waals surface area contributed by atoms with E-state index in [9.17, 15) is 0 Å². The molecule has 0 saturated carbocycles. The molecule has 1 unspecified atom stereocenters. The first-order valence-electron chi connectivity index (χ1n) is 6.24. The molecule has 2 nitrogen and oxygen atoms in total. The second kappa shape index (κ2) is 4.19. The quantitative estimate of drug-likeness (QED) is 0.844. The average molecular weight is 230 g/mol. The fourth-order valence-electron chi connectivity index (χ4n) is 3.01. The van der Waals surface area contributed by atoms with Crippen LogP contribution in [0.5, 0.6) is 0 Å². The lowest BCUT2D eigenvalue weighted by Crippen LogP contribution is -2.13. The molecule has 0 spiro atoms. The summed E-state index contributed by atoms with van der Waals surface area (Å²) >= 11 is 0. The largest absolute Gasteiger partial charge is 0.347 e. The van der Waals surface area contributed by atoms with E-state index in [1.807, 2.05) is 0 Å². The smallest absolute Gasteiger partial charge is 0.0515 e. The fourth-order valence-corrected chi connectivity index (χ4v) is 3.01. The second-order valence-electron chi connectivity index (χ2n) is 5.13. The van der Waals surface area contributed by atoms with E-state index in [-0.39, 0.29) is 0 Å². The molecular weight excluding hydrogens is 208 g/mol. The minimum Gasteiger partial charge on any atom is -0.347 e. The molecule has 0 saturated heterocycles. The Morgan fingerprint density at radius 3 is 2.29 bits per heavy atom. The van der Waals surface area contributed by atoms with Gasteiger partial charge in [-0.15, -0.1) is 0 Å². The van der Waals surface area contributed by atoms with Gasteiger partial charge >= 0.3 is 0 Å². The first-order valence-corrected chi connectivity index (χ1v) is 6.24. The van der Waals surface area contributed by atoms with Gasteiger partial charge in [-0.05, 0) is 37.5 Å². The van der Waals surface area contributed by atoms with Gasteiger partial charge < -0.3 is 10.3 Å². The Kier molecular flexibility index (Phi) is 3.00. The zero-order valence-corrected chi connectivity index (χ0v) is 11.5. The Bertz CT molecular complexity index is 519. The maximum atomic E-state index is 5.83. The molecule has 0 aliphatic heterocycles. The summed E-state index contributed by atoms with van der Waals surface area (Å²) in [7, 11) is 2.16. The molecule has 2 N–H and O–H groups in total. The number of rotatable bonds is 2. The van der Waals surface area contributed by atoms with Gasteiger partial charge in [0.15, 0.2) is 0 Å². The maximum absolute atomic E-state index is 5.83. The lowest BCUT2D eigenvalue weighted by molar-refractivity contribution is 0.697. The zero-order chi connectivity index (χ0) is 12.7. The number of benzene rings is 1. The maximum Gasteiger partial charge on any atom is 0.0515 e. The monoisotopic (exact) mass is 230 g/mol. The SMILES string of the molecule is Cc1ccc(C)c2c1c(C)c(C(C)CN)n2C. The Labute approximate surface area is 103 Å². The summed E-state index contributed by atoms with van der Waals surface area (Å²) < 4.78 is 2.32. The Hall–Kier alpha value is -1.28. The van der Waals surface area contributed by atoms with Crippen LogP contribution in [0.1, 0.15) is 35.2 Å². The van der Waals surface area contributed by atoms with E-state index in [1.165, 1.54) is 33.3 Å². The van der Waals surface area contributed by atoms with Crippen LogP contribution in [-0.4, -0.2) is 11.1 Å². The van der Waals surface area contributed by atoms with Crippen molar-refractivity contribution in [2.24, 2.45) is 12.8 Å². The van der Waals surface area contributed by atoms with E-state index >= 15 is 0 Å². The second-order valence-corrected chi connectivity index (χ2v) is 5.13. The number of hydrogen-bond acceptors (Lipinski definition) is 1. The molecule has 0 aliphatic carbocycles. The molecular formula is C15H22N2. The highest BCUT2D eigenvalue weighted by Crippen LogP contribution is 2.33. The van der Waals surface area contributed by atoms with Gasteiger partial charge in [0.2, 0.25) is 0 Å². The Morgan fingerprint density at radius 1 is 1.18 bits per heavy atom. The standard InChI is InChI=1S/C15H22N2/c1-9-6-7-10(2)15-13(9)12(4)14(17(15)5)11(3)8-16/h6-7,11H,8,16H2,1-5H3. The van der Waals surface area contributed by atoms with Crippen molar-refractivity contribution in [2.75, 3.05) is 6.54 Å². The summed E-state index contributed by atoms with van der Waals surface area (Å²) in [5.41, 5.74) is 12.6. The molecule has 1 aromatic heterocycles. The third kappa shape index (κ3) is 1.67. The lowest BCUT2D eigenvalue weighted by Gasteiger charge is -2.12. The highest BCUT2D eigenvalue weighted by atomic mass is 15.0. The average Bonchev–Trinajstić information content (AvgIpc) is 2.56. The van der Waals surface area contributed by atoms with Gasteiger partial charge in [-0.1, -0.05) is 19.1 Å². The fraction of sp³-hybridized carbons (Fsp3) is 0.467. The number of nitrogens with two attached hydrogens (primary N) is 1. The predicted octanol–water partition coefficient (Wildman–Crippen LogP) is 3.17. The third-order valence-electron chi connectivity index (χ3n) is 3.86. The van der Waals surface area contributed by atoms with Gasteiger partial charge in [-0.25, -0.2) is 0 Å². The summed E-state index contributed by atoms with van der Waals surface area (Å²) in [6, 6.07) is 4.41. The lowest BCUT2D eigenvalue weighted by atomic mass is 10.00. The molecule has 2 rings (SSSR count). The summed E-state index contributed by atoms with van der Waals surface area (Å²) in [4.78, 5) is 0. The molecule has 0 fully saturated rings. The molecule has 92 valence electrons. The normalized spacial score (nSPS) is 13.3. The van der Waals surface area contributed by atoms with Crippen molar-refractivity contribution in [3.8, 4) is 0 Å². The first kappa shape index (κ1) is 12.2. The molecule has 1 atom stereocenters. The van der Waals surface area contributed by atoms with Crippen molar-refractivity contribution in [1.82, 2.24) is 4.57 Å². The van der Waals surface area contributed by atoms with E-state index < -0.39 is 0 Å². The number of aromatic nitrogens is 1. The highest BCUT2D eigenvalue weighted by molar-refractivity contribution is 5.91.